The molecule has 166 valence electrons. The lowest BCUT2D eigenvalue weighted by Gasteiger charge is -2.25. The van der Waals surface area contributed by atoms with Crippen molar-refractivity contribution in [1.82, 2.24) is 16.0 Å². The molecule has 0 aliphatic rings. The number of carboxylic acids is 1. The molecule has 0 saturated carbocycles. The number of aliphatic carboxylic acids is 1. The molecule has 7 N–H and O–H groups in total. The average Bonchev–Trinajstić information content (AvgIpc) is 2.74. The van der Waals surface area contributed by atoms with Gasteiger partial charge in [0.25, 0.3) is 0 Å². The van der Waals surface area contributed by atoms with Crippen LogP contribution in [-0.2, 0) is 25.6 Å². The summed E-state index contributed by atoms with van der Waals surface area (Å²) >= 11 is 0. The molecular weight excluding hydrogens is 392 g/mol. The van der Waals surface area contributed by atoms with Crippen molar-refractivity contribution >= 4 is 23.7 Å². The number of hydrogen-bond donors (Lipinski definition) is 6. The van der Waals surface area contributed by atoms with E-state index in [1.54, 1.807) is 44.2 Å². The first-order chi connectivity index (χ1) is 14.2. The van der Waals surface area contributed by atoms with Crippen LogP contribution in [0.15, 0.2) is 30.3 Å². The van der Waals surface area contributed by atoms with E-state index in [9.17, 15) is 29.4 Å². The van der Waals surface area contributed by atoms with E-state index in [0.29, 0.717) is 6.42 Å². The standard InChI is InChI=1S/C20H30N4O6/c1-3-12(2)17(20(29)30)24-19(28)15(11-25)23-18(27)14(22-16(26)10-21)9-13-7-5-4-6-8-13/h4-8,12,14-15,17,25H,3,9-11,21H2,1-2H3,(H,22,26)(H,23,27)(H,24,28)(H,29,30). The number of rotatable bonds is 12. The predicted octanol–water partition coefficient (Wildman–Crippen LogP) is -1.23. The number of carbonyl (C=O) groups is 4. The highest BCUT2D eigenvalue weighted by Gasteiger charge is 2.31. The molecule has 10 heteroatoms. The number of carbonyl (C=O) groups excluding carboxylic acids is 3. The molecule has 0 bridgehead atoms. The minimum atomic E-state index is -1.38. The number of benzene rings is 1. The van der Waals surface area contributed by atoms with Gasteiger partial charge in [0, 0.05) is 6.42 Å². The zero-order valence-corrected chi connectivity index (χ0v) is 17.1. The summed E-state index contributed by atoms with van der Waals surface area (Å²) in [5.74, 6) is -3.65. The third kappa shape index (κ3) is 7.80. The van der Waals surface area contributed by atoms with Crippen molar-refractivity contribution in [2.45, 2.75) is 44.8 Å². The van der Waals surface area contributed by atoms with Gasteiger partial charge in [0.1, 0.15) is 18.1 Å². The summed E-state index contributed by atoms with van der Waals surface area (Å²) in [6.45, 7) is 2.39. The Morgan fingerprint density at radius 2 is 1.60 bits per heavy atom. The van der Waals surface area contributed by atoms with Gasteiger partial charge in [-0.15, -0.1) is 0 Å². The van der Waals surface area contributed by atoms with Crippen molar-refractivity contribution in [3.05, 3.63) is 35.9 Å². The zero-order valence-electron chi connectivity index (χ0n) is 17.1. The normalized spacial score (nSPS) is 14.7. The predicted molar refractivity (Wildman–Crippen MR) is 109 cm³/mol. The van der Waals surface area contributed by atoms with Gasteiger partial charge in [0.2, 0.25) is 17.7 Å². The summed E-state index contributed by atoms with van der Waals surface area (Å²) in [5, 5.41) is 26.1. The molecule has 10 nitrogen and oxygen atoms in total. The van der Waals surface area contributed by atoms with Crippen LogP contribution in [0.25, 0.3) is 0 Å². The Morgan fingerprint density at radius 3 is 2.10 bits per heavy atom. The van der Waals surface area contributed by atoms with Gasteiger partial charge in [-0.05, 0) is 11.5 Å². The van der Waals surface area contributed by atoms with Gasteiger partial charge in [-0.2, -0.15) is 0 Å². The van der Waals surface area contributed by atoms with E-state index in [1.165, 1.54) is 0 Å². The average molecular weight is 422 g/mol. The van der Waals surface area contributed by atoms with Gasteiger partial charge in [-0.3, -0.25) is 14.4 Å². The summed E-state index contributed by atoms with van der Waals surface area (Å²) in [6, 6.07) is 5.33. The van der Waals surface area contributed by atoms with Crippen LogP contribution in [0.1, 0.15) is 25.8 Å². The fraction of sp³-hybridized carbons (Fsp3) is 0.500. The molecule has 4 atom stereocenters. The largest absolute Gasteiger partial charge is 0.480 e. The Balaban J connectivity index is 2.90. The molecule has 30 heavy (non-hydrogen) atoms. The fourth-order valence-electron chi connectivity index (χ4n) is 2.72. The van der Waals surface area contributed by atoms with E-state index >= 15 is 0 Å². The molecule has 0 aliphatic heterocycles. The second-order valence-corrected chi connectivity index (χ2v) is 6.97. The van der Waals surface area contributed by atoms with Crippen LogP contribution in [0.4, 0.5) is 0 Å². The minimum absolute atomic E-state index is 0.142. The Kier molecular flexibility index (Phi) is 10.5. The summed E-state index contributed by atoms with van der Waals surface area (Å²) in [4.78, 5) is 48.3. The number of nitrogens with two attached hydrogens (primary N) is 1. The number of aliphatic hydroxyl groups excluding tert-OH is 1. The van der Waals surface area contributed by atoms with Crippen LogP contribution in [-0.4, -0.2) is 65.2 Å². The molecular formula is C20H30N4O6. The van der Waals surface area contributed by atoms with E-state index in [2.05, 4.69) is 16.0 Å². The summed E-state index contributed by atoms with van der Waals surface area (Å²) in [6.07, 6.45) is 0.653. The van der Waals surface area contributed by atoms with Crippen LogP contribution in [0.5, 0.6) is 0 Å². The lowest BCUT2D eigenvalue weighted by Crippen LogP contribution is -2.58. The van der Waals surface area contributed by atoms with Crippen molar-refractivity contribution in [1.29, 1.82) is 0 Å². The maximum atomic E-state index is 12.7. The first-order valence-electron chi connectivity index (χ1n) is 9.71. The molecule has 1 aromatic carbocycles. The molecule has 0 fully saturated rings. The monoisotopic (exact) mass is 422 g/mol. The second-order valence-electron chi connectivity index (χ2n) is 6.97. The van der Waals surface area contributed by atoms with E-state index in [1.807, 2.05) is 0 Å². The van der Waals surface area contributed by atoms with Gasteiger partial charge in [-0.1, -0.05) is 50.6 Å². The molecule has 0 aliphatic carbocycles. The molecule has 0 saturated heterocycles. The quantitative estimate of drug-likeness (QED) is 0.245. The lowest BCUT2D eigenvalue weighted by molar-refractivity contribution is -0.144. The third-order valence-corrected chi connectivity index (χ3v) is 4.71. The van der Waals surface area contributed by atoms with Gasteiger partial charge in [0.05, 0.1) is 13.2 Å². The van der Waals surface area contributed by atoms with Gasteiger partial charge in [-0.25, -0.2) is 4.79 Å². The minimum Gasteiger partial charge on any atom is -0.480 e. The number of hydrogen-bond acceptors (Lipinski definition) is 6. The molecule has 4 unspecified atom stereocenters. The van der Waals surface area contributed by atoms with Crippen LogP contribution >= 0.6 is 0 Å². The van der Waals surface area contributed by atoms with Crippen molar-refractivity contribution in [3.8, 4) is 0 Å². The van der Waals surface area contributed by atoms with Crippen LogP contribution in [0, 0.1) is 5.92 Å². The number of carboxylic acid groups (broad SMARTS) is 1. The SMILES string of the molecule is CCC(C)C(NC(=O)C(CO)NC(=O)C(Cc1ccccc1)NC(=O)CN)C(=O)O. The van der Waals surface area contributed by atoms with Crippen molar-refractivity contribution in [2.24, 2.45) is 11.7 Å². The fourth-order valence-corrected chi connectivity index (χ4v) is 2.72. The molecule has 0 heterocycles. The van der Waals surface area contributed by atoms with E-state index in [4.69, 9.17) is 5.73 Å². The zero-order chi connectivity index (χ0) is 22.7. The second kappa shape index (κ2) is 12.6. The van der Waals surface area contributed by atoms with E-state index < -0.39 is 48.4 Å². The van der Waals surface area contributed by atoms with Gasteiger partial charge < -0.3 is 31.9 Å². The summed E-state index contributed by atoms with van der Waals surface area (Å²) < 4.78 is 0. The first-order valence-corrected chi connectivity index (χ1v) is 9.71. The first kappa shape index (κ1) is 25.1. The molecule has 3 amide bonds. The van der Waals surface area contributed by atoms with Gasteiger partial charge >= 0.3 is 5.97 Å². The summed E-state index contributed by atoms with van der Waals surface area (Å²) in [5.41, 5.74) is 6.08. The smallest absolute Gasteiger partial charge is 0.326 e. The van der Waals surface area contributed by atoms with Crippen molar-refractivity contribution in [2.75, 3.05) is 13.2 Å². The molecule has 0 aromatic heterocycles. The third-order valence-electron chi connectivity index (χ3n) is 4.71. The van der Waals surface area contributed by atoms with Crippen molar-refractivity contribution < 1.29 is 29.4 Å². The van der Waals surface area contributed by atoms with Crippen LogP contribution < -0.4 is 21.7 Å². The highest BCUT2D eigenvalue weighted by molar-refractivity contribution is 5.93. The highest BCUT2D eigenvalue weighted by Crippen LogP contribution is 2.08. The lowest BCUT2D eigenvalue weighted by atomic mass is 9.99. The maximum absolute atomic E-state index is 12.7. The van der Waals surface area contributed by atoms with Crippen molar-refractivity contribution in [3.63, 3.8) is 0 Å². The van der Waals surface area contributed by atoms with Crippen LogP contribution in [0.3, 0.4) is 0 Å². The van der Waals surface area contributed by atoms with Gasteiger partial charge in [0.15, 0.2) is 0 Å². The number of amides is 3. The molecule has 0 radical (unpaired) electrons. The summed E-state index contributed by atoms with van der Waals surface area (Å²) in [7, 11) is 0. The van der Waals surface area contributed by atoms with Crippen LogP contribution in [0.2, 0.25) is 0 Å². The Bertz CT molecular complexity index is 727. The molecule has 0 spiro atoms. The van der Waals surface area contributed by atoms with E-state index in [0.717, 1.165) is 5.56 Å². The van der Waals surface area contributed by atoms with E-state index in [-0.39, 0.29) is 18.9 Å². The molecule has 1 rings (SSSR count). The molecule has 1 aromatic rings. The highest BCUT2D eigenvalue weighted by atomic mass is 16.4. The Hall–Kier alpha value is -2.98. The Labute approximate surface area is 175 Å². The number of aliphatic hydroxyl groups is 1. The Morgan fingerprint density at radius 1 is 1.00 bits per heavy atom. The topological polar surface area (TPSA) is 171 Å². The number of nitrogens with one attached hydrogen (secondary N) is 3. The maximum Gasteiger partial charge on any atom is 0.326 e.